The molecule has 1 aromatic rings. The van der Waals surface area contributed by atoms with E-state index >= 15 is 0 Å². The van der Waals surface area contributed by atoms with Gasteiger partial charge in [0.1, 0.15) is 0 Å². The summed E-state index contributed by atoms with van der Waals surface area (Å²) >= 11 is 0. The Hall–Kier alpha value is -0.820. The molecule has 2 rings (SSSR count). The summed E-state index contributed by atoms with van der Waals surface area (Å²) < 4.78 is 0. The Balaban J connectivity index is 0.00000288. The van der Waals surface area contributed by atoms with Gasteiger partial charge in [-0.1, -0.05) is 37.3 Å². The molecule has 1 aliphatic heterocycles. The van der Waals surface area contributed by atoms with E-state index < -0.39 is 0 Å². The quantitative estimate of drug-likeness (QED) is 0.280. The lowest BCUT2D eigenvalue weighted by Gasteiger charge is -2.30. The zero-order chi connectivity index (χ0) is 16.3. The molecule has 1 unspecified atom stereocenters. The molecule has 0 saturated carbocycles. The molecule has 1 aliphatic rings. The number of halogens is 1. The molecule has 0 aromatic heterocycles. The molecule has 24 heavy (non-hydrogen) atoms. The van der Waals surface area contributed by atoms with Gasteiger partial charge in [-0.2, -0.15) is 0 Å². The molecule has 1 atom stereocenters. The Labute approximate surface area is 164 Å². The number of hydrogen-bond acceptors (Lipinski definition) is 2. The summed E-state index contributed by atoms with van der Waals surface area (Å²) in [5.41, 5.74) is 7.23. The highest BCUT2D eigenvalue weighted by atomic mass is 127. The molecule has 1 saturated heterocycles. The number of rotatable bonds is 8. The zero-order valence-corrected chi connectivity index (χ0v) is 17.2. The third-order valence-electron chi connectivity index (χ3n) is 4.47. The van der Waals surface area contributed by atoms with Crippen molar-refractivity contribution in [2.45, 2.75) is 39.0 Å². The largest absolute Gasteiger partial charge is 0.370 e. The fraction of sp³-hybridized carbons (Fsp3) is 0.632. The van der Waals surface area contributed by atoms with Crippen molar-refractivity contribution < 1.29 is 0 Å². The fourth-order valence-corrected chi connectivity index (χ4v) is 3.17. The number of guanidine groups is 1. The second-order valence-electron chi connectivity index (χ2n) is 6.68. The van der Waals surface area contributed by atoms with Gasteiger partial charge in [-0.25, -0.2) is 0 Å². The van der Waals surface area contributed by atoms with Gasteiger partial charge in [0.05, 0.1) is 0 Å². The summed E-state index contributed by atoms with van der Waals surface area (Å²) in [5.74, 6) is 1.44. The summed E-state index contributed by atoms with van der Waals surface area (Å²) in [6.07, 6.45) is 6.06. The van der Waals surface area contributed by atoms with Crippen molar-refractivity contribution in [3.63, 3.8) is 0 Å². The topological polar surface area (TPSA) is 53.6 Å². The van der Waals surface area contributed by atoms with Gasteiger partial charge < -0.3 is 16.0 Å². The monoisotopic (exact) mass is 444 g/mol. The molecule has 5 heteroatoms. The maximum absolute atomic E-state index is 5.91. The van der Waals surface area contributed by atoms with Crippen LogP contribution in [-0.4, -0.2) is 43.6 Å². The van der Waals surface area contributed by atoms with E-state index in [1.165, 1.54) is 44.5 Å². The first-order chi connectivity index (χ1) is 11.2. The Morgan fingerprint density at radius 1 is 1.29 bits per heavy atom. The molecule has 4 nitrogen and oxygen atoms in total. The van der Waals surface area contributed by atoms with Crippen LogP contribution in [0.2, 0.25) is 0 Å². The summed E-state index contributed by atoms with van der Waals surface area (Å²) in [5, 5.41) is 3.19. The van der Waals surface area contributed by atoms with E-state index in [-0.39, 0.29) is 24.0 Å². The SMILES string of the molecule is CC1CCCN(CCCCN=C(N)NCCc2ccccc2)C1.I. The number of nitrogens with two attached hydrogens (primary N) is 1. The van der Waals surface area contributed by atoms with Crippen LogP contribution in [0.5, 0.6) is 0 Å². The van der Waals surface area contributed by atoms with Crippen molar-refractivity contribution in [1.29, 1.82) is 0 Å². The Morgan fingerprint density at radius 2 is 2.08 bits per heavy atom. The lowest BCUT2D eigenvalue weighted by molar-refractivity contribution is 0.181. The molecule has 0 bridgehead atoms. The summed E-state index contributed by atoms with van der Waals surface area (Å²) in [7, 11) is 0. The average Bonchev–Trinajstić information content (AvgIpc) is 2.55. The molecule has 3 N–H and O–H groups in total. The predicted octanol–water partition coefficient (Wildman–Crippen LogP) is 3.26. The van der Waals surface area contributed by atoms with Crippen molar-refractivity contribution in [2.75, 3.05) is 32.7 Å². The van der Waals surface area contributed by atoms with Crippen LogP contribution in [0.1, 0.15) is 38.2 Å². The highest BCUT2D eigenvalue weighted by molar-refractivity contribution is 14.0. The van der Waals surface area contributed by atoms with Crippen LogP contribution in [0.3, 0.4) is 0 Å². The Bertz CT molecular complexity index is 464. The summed E-state index contributed by atoms with van der Waals surface area (Å²) in [6, 6.07) is 10.4. The highest BCUT2D eigenvalue weighted by Crippen LogP contribution is 2.15. The van der Waals surface area contributed by atoms with Crippen molar-refractivity contribution in [1.82, 2.24) is 10.2 Å². The molecule has 1 heterocycles. The van der Waals surface area contributed by atoms with Gasteiger partial charge >= 0.3 is 0 Å². The smallest absolute Gasteiger partial charge is 0.188 e. The number of nitrogens with zero attached hydrogens (tertiary/aromatic N) is 2. The zero-order valence-electron chi connectivity index (χ0n) is 14.9. The van der Waals surface area contributed by atoms with Crippen LogP contribution in [-0.2, 0) is 6.42 Å². The van der Waals surface area contributed by atoms with Crippen molar-refractivity contribution in [3.05, 3.63) is 35.9 Å². The van der Waals surface area contributed by atoms with Gasteiger partial charge in [0.25, 0.3) is 0 Å². The lowest BCUT2D eigenvalue weighted by atomic mass is 10.0. The number of likely N-dealkylation sites (tertiary alicyclic amines) is 1. The van der Waals surface area contributed by atoms with Gasteiger partial charge in [0.15, 0.2) is 5.96 Å². The normalized spacial score (nSPS) is 18.9. The molecule has 136 valence electrons. The number of benzene rings is 1. The van der Waals surface area contributed by atoms with E-state index in [0.717, 1.165) is 31.8 Å². The van der Waals surface area contributed by atoms with E-state index in [1.54, 1.807) is 0 Å². The second kappa shape index (κ2) is 12.5. The van der Waals surface area contributed by atoms with E-state index in [9.17, 15) is 0 Å². The molecule has 0 aliphatic carbocycles. The van der Waals surface area contributed by atoms with Crippen molar-refractivity contribution >= 4 is 29.9 Å². The number of unbranched alkanes of at least 4 members (excludes halogenated alkanes) is 1. The highest BCUT2D eigenvalue weighted by Gasteiger charge is 2.15. The van der Waals surface area contributed by atoms with E-state index in [2.05, 4.69) is 46.4 Å². The second-order valence-corrected chi connectivity index (χ2v) is 6.68. The van der Waals surface area contributed by atoms with E-state index in [4.69, 9.17) is 5.73 Å². The van der Waals surface area contributed by atoms with Crippen molar-refractivity contribution in [3.8, 4) is 0 Å². The van der Waals surface area contributed by atoms with Gasteiger partial charge in [0.2, 0.25) is 0 Å². The number of hydrogen-bond donors (Lipinski definition) is 2. The van der Waals surface area contributed by atoms with E-state index in [1.807, 2.05) is 6.07 Å². The van der Waals surface area contributed by atoms with Crippen LogP contribution < -0.4 is 11.1 Å². The number of aliphatic imine (C=N–C) groups is 1. The van der Waals surface area contributed by atoms with Crippen LogP contribution in [0.25, 0.3) is 0 Å². The van der Waals surface area contributed by atoms with Gasteiger partial charge in [0, 0.05) is 19.6 Å². The molecule has 0 radical (unpaired) electrons. The predicted molar refractivity (Wildman–Crippen MR) is 114 cm³/mol. The third kappa shape index (κ3) is 8.87. The first kappa shape index (κ1) is 21.2. The molecular weight excluding hydrogens is 411 g/mol. The third-order valence-corrected chi connectivity index (χ3v) is 4.47. The van der Waals surface area contributed by atoms with Gasteiger partial charge in [-0.05, 0) is 56.7 Å². The minimum absolute atomic E-state index is 0. The minimum Gasteiger partial charge on any atom is -0.370 e. The molecule has 1 fully saturated rings. The Morgan fingerprint density at radius 3 is 2.83 bits per heavy atom. The standard InChI is InChI=1S/C19H32N4.HI/c1-17-8-7-15-23(16-17)14-6-5-12-21-19(20)22-13-11-18-9-3-2-4-10-18;/h2-4,9-10,17H,5-8,11-16H2,1H3,(H3,20,21,22);1H. The van der Waals surface area contributed by atoms with Crippen LogP contribution in [0.15, 0.2) is 35.3 Å². The number of piperidine rings is 1. The molecule has 0 spiro atoms. The lowest BCUT2D eigenvalue weighted by Crippen LogP contribution is -2.35. The summed E-state index contributed by atoms with van der Waals surface area (Å²) in [4.78, 5) is 7.01. The van der Waals surface area contributed by atoms with Crippen LogP contribution in [0.4, 0.5) is 0 Å². The first-order valence-electron chi connectivity index (χ1n) is 9.04. The summed E-state index contributed by atoms with van der Waals surface area (Å²) in [6.45, 7) is 7.78. The maximum atomic E-state index is 5.91. The molecule has 0 amide bonds. The van der Waals surface area contributed by atoms with E-state index in [0.29, 0.717) is 5.96 Å². The minimum atomic E-state index is 0. The van der Waals surface area contributed by atoms with Gasteiger partial charge in [-0.3, -0.25) is 4.99 Å². The van der Waals surface area contributed by atoms with Crippen LogP contribution in [0, 0.1) is 5.92 Å². The molecule has 1 aromatic carbocycles. The molecular formula is C19H33IN4. The Kier molecular flexibility index (Phi) is 11.1. The van der Waals surface area contributed by atoms with Gasteiger partial charge in [-0.15, -0.1) is 24.0 Å². The van der Waals surface area contributed by atoms with Crippen molar-refractivity contribution in [2.24, 2.45) is 16.6 Å². The number of nitrogens with one attached hydrogen (secondary N) is 1. The average molecular weight is 444 g/mol. The first-order valence-corrected chi connectivity index (χ1v) is 9.04. The fourth-order valence-electron chi connectivity index (χ4n) is 3.17. The van der Waals surface area contributed by atoms with Crippen LogP contribution >= 0.6 is 24.0 Å². The maximum Gasteiger partial charge on any atom is 0.188 e.